The van der Waals surface area contributed by atoms with E-state index in [9.17, 15) is 8.42 Å². The van der Waals surface area contributed by atoms with Crippen LogP contribution < -0.4 is 0 Å². The predicted octanol–water partition coefficient (Wildman–Crippen LogP) is 3.51. The van der Waals surface area contributed by atoms with Crippen molar-refractivity contribution in [3.05, 3.63) is 33.8 Å². The molecule has 0 amide bonds. The van der Waals surface area contributed by atoms with Gasteiger partial charge in [0.15, 0.2) is 0 Å². The summed E-state index contributed by atoms with van der Waals surface area (Å²) in [5, 5.41) is 0.542. The second kappa shape index (κ2) is 6.19. The Morgan fingerprint density at radius 2 is 2.05 bits per heavy atom. The Morgan fingerprint density at radius 3 is 2.74 bits per heavy atom. The van der Waals surface area contributed by atoms with Crippen LogP contribution >= 0.6 is 33.9 Å². The maximum absolute atomic E-state index is 11.6. The largest absolute Gasteiger partial charge is 0.381 e. The molecule has 0 aliphatic carbocycles. The molecule has 0 spiro atoms. The van der Waals surface area contributed by atoms with E-state index in [1.165, 1.54) is 0 Å². The standard InChI is InChI=1S/C12H13Cl3O3S/c13-10-1-2-11(14)8(6-10)5-9-7-18-4-3-12(9)19(15,16)17/h1-2,6,9,12H,3-5,7H2/t9-,12-/m1/s1. The van der Waals surface area contributed by atoms with Crippen LogP contribution in [0.25, 0.3) is 0 Å². The molecule has 1 aromatic carbocycles. The minimum absolute atomic E-state index is 0.202. The second-order valence-corrected chi connectivity index (χ2v) is 8.27. The third kappa shape index (κ3) is 3.99. The summed E-state index contributed by atoms with van der Waals surface area (Å²) < 4.78 is 28.5. The summed E-state index contributed by atoms with van der Waals surface area (Å²) in [7, 11) is 1.90. The van der Waals surface area contributed by atoms with Crippen LogP contribution in [0.1, 0.15) is 12.0 Å². The summed E-state index contributed by atoms with van der Waals surface area (Å²) in [6, 6.07) is 5.14. The Kier molecular flexibility index (Phi) is 5.01. The molecule has 2 atom stereocenters. The van der Waals surface area contributed by atoms with Crippen molar-refractivity contribution in [2.24, 2.45) is 5.92 Å². The van der Waals surface area contributed by atoms with Gasteiger partial charge in [-0.2, -0.15) is 0 Å². The monoisotopic (exact) mass is 342 g/mol. The fourth-order valence-electron chi connectivity index (χ4n) is 2.32. The summed E-state index contributed by atoms with van der Waals surface area (Å²) >= 11 is 12.0. The summed E-state index contributed by atoms with van der Waals surface area (Å²) in [6.07, 6.45) is 0.894. The SMILES string of the molecule is O=S(=O)(Cl)[C@@H]1CCOC[C@H]1Cc1cc(Cl)ccc1Cl. The lowest BCUT2D eigenvalue weighted by Gasteiger charge is -2.29. The van der Waals surface area contributed by atoms with Gasteiger partial charge in [0, 0.05) is 33.3 Å². The maximum Gasteiger partial charge on any atom is 0.235 e. The topological polar surface area (TPSA) is 43.4 Å². The fourth-order valence-corrected chi connectivity index (χ4v) is 4.43. The number of hydrogen-bond acceptors (Lipinski definition) is 3. The van der Waals surface area contributed by atoms with Crippen LogP contribution in [0.15, 0.2) is 18.2 Å². The quantitative estimate of drug-likeness (QED) is 0.789. The average molecular weight is 344 g/mol. The van der Waals surface area contributed by atoms with Crippen molar-refractivity contribution in [1.82, 2.24) is 0 Å². The first kappa shape index (κ1) is 15.4. The Labute approximate surface area is 127 Å². The van der Waals surface area contributed by atoms with Crippen molar-refractivity contribution in [3.63, 3.8) is 0 Å². The highest BCUT2D eigenvalue weighted by atomic mass is 35.7. The van der Waals surface area contributed by atoms with Crippen molar-refractivity contribution >= 4 is 42.9 Å². The highest BCUT2D eigenvalue weighted by Gasteiger charge is 2.35. The van der Waals surface area contributed by atoms with Crippen LogP contribution in [-0.4, -0.2) is 26.9 Å². The van der Waals surface area contributed by atoms with E-state index in [2.05, 4.69) is 0 Å². The van der Waals surface area contributed by atoms with Gasteiger partial charge in [0.1, 0.15) is 0 Å². The highest BCUT2D eigenvalue weighted by Crippen LogP contribution is 2.30. The molecule has 0 bridgehead atoms. The minimum atomic E-state index is -3.60. The average Bonchev–Trinajstić information content (AvgIpc) is 2.33. The van der Waals surface area contributed by atoms with Crippen molar-refractivity contribution in [3.8, 4) is 0 Å². The second-order valence-electron chi connectivity index (χ2n) is 4.58. The van der Waals surface area contributed by atoms with Crippen LogP contribution in [0.4, 0.5) is 0 Å². The van der Waals surface area contributed by atoms with Gasteiger partial charge in [0.2, 0.25) is 9.05 Å². The van der Waals surface area contributed by atoms with Crippen LogP contribution in [0.5, 0.6) is 0 Å². The normalized spacial score (nSPS) is 24.4. The van der Waals surface area contributed by atoms with Gasteiger partial charge in [-0.15, -0.1) is 0 Å². The molecule has 3 nitrogen and oxygen atoms in total. The fraction of sp³-hybridized carbons (Fsp3) is 0.500. The van der Waals surface area contributed by atoms with E-state index >= 15 is 0 Å². The molecular formula is C12H13Cl3O3S. The van der Waals surface area contributed by atoms with E-state index in [-0.39, 0.29) is 5.92 Å². The molecule has 1 saturated heterocycles. The van der Waals surface area contributed by atoms with E-state index in [1.54, 1.807) is 18.2 Å². The number of halogens is 3. The van der Waals surface area contributed by atoms with Crippen LogP contribution in [0.3, 0.4) is 0 Å². The van der Waals surface area contributed by atoms with E-state index in [4.69, 9.17) is 38.6 Å². The molecule has 2 rings (SSSR count). The van der Waals surface area contributed by atoms with E-state index in [0.29, 0.717) is 36.1 Å². The molecule has 1 heterocycles. The van der Waals surface area contributed by atoms with Gasteiger partial charge in [-0.1, -0.05) is 23.2 Å². The summed E-state index contributed by atoms with van der Waals surface area (Å²) in [4.78, 5) is 0. The van der Waals surface area contributed by atoms with Crippen LogP contribution in [0.2, 0.25) is 10.0 Å². The third-order valence-corrected chi connectivity index (χ3v) is 5.89. The maximum atomic E-state index is 11.6. The first-order valence-corrected chi connectivity index (χ1v) is 8.96. The Hall–Kier alpha value is -0.000000000000000167. The lowest BCUT2D eigenvalue weighted by Crippen LogP contribution is -2.37. The number of benzene rings is 1. The first-order chi connectivity index (χ1) is 8.88. The molecule has 106 valence electrons. The lowest BCUT2D eigenvalue weighted by atomic mass is 9.93. The van der Waals surface area contributed by atoms with Crippen molar-refractivity contribution < 1.29 is 13.2 Å². The Balaban J connectivity index is 2.22. The van der Waals surface area contributed by atoms with Gasteiger partial charge in [0.25, 0.3) is 0 Å². The summed E-state index contributed by atoms with van der Waals surface area (Å²) in [5.41, 5.74) is 0.815. The van der Waals surface area contributed by atoms with Gasteiger partial charge in [-0.05, 0) is 36.6 Å². The van der Waals surface area contributed by atoms with Gasteiger partial charge in [0.05, 0.1) is 11.9 Å². The van der Waals surface area contributed by atoms with Gasteiger partial charge >= 0.3 is 0 Å². The molecule has 0 aromatic heterocycles. The highest BCUT2D eigenvalue weighted by molar-refractivity contribution is 8.14. The predicted molar refractivity (Wildman–Crippen MR) is 77.7 cm³/mol. The van der Waals surface area contributed by atoms with E-state index in [0.717, 1.165) is 5.56 Å². The van der Waals surface area contributed by atoms with E-state index < -0.39 is 14.3 Å². The van der Waals surface area contributed by atoms with Crippen molar-refractivity contribution in [1.29, 1.82) is 0 Å². The molecule has 0 unspecified atom stereocenters. The Morgan fingerprint density at radius 1 is 1.32 bits per heavy atom. The molecule has 1 aliphatic heterocycles. The van der Waals surface area contributed by atoms with Crippen LogP contribution in [-0.2, 0) is 20.2 Å². The number of hydrogen-bond donors (Lipinski definition) is 0. The third-order valence-electron chi connectivity index (χ3n) is 3.26. The van der Waals surface area contributed by atoms with Crippen molar-refractivity contribution in [2.75, 3.05) is 13.2 Å². The smallest absolute Gasteiger partial charge is 0.235 e. The molecule has 1 aromatic rings. The zero-order chi connectivity index (χ0) is 14.0. The molecule has 19 heavy (non-hydrogen) atoms. The molecule has 0 radical (unpaired) electrons. The summed E-state index contributed by atoms with van der Waals surface area (Å²) in [6.45, 7) is 0.774. The minimum Gasteiger partial charge on any atom is -0.381 e. The number of rotatable bonds is 3. The van der Waals surface area contributed by atoms with E-state index in [1.807, 2.05) is 0 Å². The molecule has 0 saturated carbocycles. The van der Waals surface area contributed by atoms with Gasteiger partial charge < -0.3 is 4.74 Å². The summed E-state index contributed by atoms with van der Waals surface area (Å²) in [5.74, 6) is -0.202. The van der Waals surface area contributed by atoms with Crippen LogP contribution in [0, 0.1) is 5.92 Å². The van der Waals surface area contributed by atoms with Crippen molar-refractivity contribution in [2.45, 2.75) is 18.1 Å². The zero-order valence-corrected chi connectivity index (χ0v) is 13.1. The Bertz CT molecular complexity index is 559. The zero-order valence-electron chi connectivity index (χ0n) is 9.98. The molecule has 0 N–H and O–H groups in total. The van der Waals surface area contributed by atoms with Gasteiger partial charge in [-0.25, -0.2) is 8.42 Å². The molecule has 1 aliphatic rings. The van der Waals surface area contributed by atoms with Gasteiger partial charge in [-0.3, -0.25) is 0 Å². The molecular weight excluding hydrogens is 331 g/mol. The first-order valence-electron chi connectivity index (χ1n) is 5.83. The lowest BCUT2D eigenvalue weighted by molar-refractivity contribution is 0.0577. The molecule has 7 heteroatoms. The number of ether oxygens (including phenoxy) is 1. The molecule has 1 fully saturated rings.